The van der Waals surface area contributed by atoms with E-state index in [1.165, 1.54) is 12.7 Å². The Kier molecular flexibility index (Phi) is 5.91. The molecule has 6 heteroatoms. The van der Waals surface area contributed by atoms with Crippen LogP contribution in [0.1, 0.15) is 11.1 Å². The second-order valence-electron chi connectivity index (χ2n) is 6.27. The molecule has 0 saturated heterocycles. The van der Waals surface area contributed by atoms with Gasteiger partial charge in [0.1, 0.15) is 0 Å². The first-order valence-corrected chi connectivity index (χ1v) is 8.86. The first-order chi connectivity index (χ1) is 12.6. The van der Waals surface area contributed by atoms with Crippen LogP contribution in [0.15, 0.2) is 48.5 Å². The summed E-state index contributed by atoms with van der Waals surface area (Å²) in [5, 5.41) is 0.651. The Morgan fingerprint density at radius 2 is 1.85 bits per heavy atom. The van der Waals surface area contributed by atoms with E-state index in [9.17, 15) is 9.59 Å². The average Bonchev–Trinajstić information content (AvgIpc) is 3.07. The number of nitrogens with zero attached hydrogens (tertiary/aromatic N) is 2. The lowest BCUT2D eigenvalue weighted by Crippen LogP contribution is -2.41. The summed E-state index contributed by atoms with van der Waals surface area (Å²) in [6, 6.07) is 15.3. The highest BCUT2D eigenvalue weighted by Gasteiger charge is 2.26. The number of hydrogen-bond donors (Lipinski definition) is 0. The number of rotatable bonds is 6. The summed E-state index contributed by atoms with van der Waals surface area (Å²) in [7, 11) is 1.35. The van der Waals surface area contributed by atoms with Gasteiger partial charge < -0.3 is 9.64 Å². The number of hydrogen-bond acceptors (Lipinski definition) is 4. The van der Waals surface area contributed by atoms with Gasteiger partial charge in [-0.1, -0.05) is 41.9 Å². The van der Waals surface area contributed by atoms with Crippen LogP contribution in [0.3, 0.4) is 0 Å². The van der Waals surface area contributed by atoms with Crippen molar-refractivity contribution in [3.63, 3.8) is 0 Å². The van der Waals surface area contributed by atoms with E-state index >= 15 is 0 Å². The van der Waals surface area contributed by atoms with Crippen LogP contribution in [0.25, 0.3) is 0 Å². The topological polar surface area (TPSA) is 49.9 Å². The predicted molar refractivity (Wildman–Crippen MR) is 101 cm³/mol. The van der Waals surface area contributed by atoms with Crippen LogP contribution in [-0.2, 0) is 27.3 Å². The molecule has 0 radical (unpaired) electrons. The van der Waals surface area contributed by atoms with E-state index in [1.807, 2.05) is 36.4 Å². The molecule has 136 valence electrons. The Morgan fingerprint density at radius 1 is 1.12 bits per heavy atom. The van der Waals surface area contributed by atoms with Crippen LogP contribution in [0.4, 0.5) is 5.69 Å². The number of carbonyl (C=O) groups excluding carboxylic acids is 2. The molecule has 1 amide bonds. The van der Waals surface area contributed by atoms with Crippen molar-refractivity contribution in [1.29, 1.82) is 0 Å². The maximum Gasteiger partial charge on any atom is 0.319 e. The van der Waals surface area contributed by atoms with Crippen molar-refractivity contribution in [3.05, 3.63) is 64.7 Å². The Hall–Kier alpha value is -2.37. The van der Waals surface area contributed by atoms with Crippen LogP contribution in [0.5, 0.6) is 0 Å². The molecule has 0 saturated carbocycles. The Balaban J connectivity index is 1.71. The molecule has 0 N–H and O–H groups in total. The molecule has 0 spiro atoms. The lowest BCUT2D eigenvalue weighted by Gasteiger charge is -2.24. The van der Waals surface area contributed by atoms with E-state index in [2.05, 4.69) is 0 Å². The first-order valence-electron chi connectivity index (χ1n) is 8.48. The second kappa shape index (κ2) is 8.34. The monoisotopic (exact) mass is 372 g/mol. The summed E-state index contributed by atoms with van der Waals surface area (Å²) < 4.78 is 4.77. The smallest absolute Gasteiger partial charge is 0.319 e. The summed E-state index contributed by atoms with van der Waals surface area (Å²) in [5.41, 5.74) is 3.12. The number of benzene rings is 2. The molecule has 3 rings (SSSR count). The van der Waals surface area contributed by atoms with Gasteiger partial charge in [-0.2, -0.15) is 0 Å². The Morgan fingerprint density at radius 3 is 2.58 bits per heavy atom. The highest BCUT2D eigenvalue weighted by molar-refractivity contribution is 6.30. The fourth-order valence-electron chi connectivity index (χ4n) is 3.14. The quantitative estimate of drug-likeness (QED) is 0.731. The molecule has 0 aromatic heterocycles. The van der Waals surface area contributed by atoms with Crippen LogP contribution in [-0.4, -0.2) is 43.5 Å². The molecule has 0 atom stereocenters. The van der Waals surface area contributed by atoms with Gasteiger partial charge in [0, 0.05) is 23.8 Å². The largest absolute Gasteiger partial charge is 0.468 e. The van der Waals surface area contributed by atoms with Crippen LogP contribution in [0.2, 0.25) is 5.02 Å². The number of ether oxygens (including phenoxy) is 1. The van der Waals surface area contributed by atoms with Gasteiger partial charge in [0.15, 0.2) is 0 Å². The van der Waals surface area contributed by atoms with E-state index in [4.69, 9.17) is 16.3 Å². The minimum atomic E-state index is -0.367. The van der Waals surface area contributed by atoms with Gasteiger partial charge in [-0.25, -0.2) is 0 Å². The number of halogens is 1. The van der Waals surface area contributed by atoms with Gasteiger partial charge in [0.2, 0.25) is 5.91 Å². The summed E-state index contributed by atoms with van der Waals surface area (Å²) >= 11 is 5.92. The summed E-state index contributed by atoms with van der Waals surface area (Å²) in [6.07, 6.45) is 0.857. The molecule has 1 aliphatic rings. The standard InChI is InChI=1S/C20H21ClN2O3/c1-26-20(25)14-22(12-15-6-8-17(21)9-7-15)13-19(24)23-11-10-16-4-2-3-5-18(16)23/h2-9H,10-14H2,1H3. The van der Waals surface area contributed by atoms with E-state index < -0.39 is 0 Å². The zero-order chi connectivity index (χ0) is 18.5. The van der Waals surface area contributed by atoms with Crippen molar-refractivity contribution >= 4 is 29.2 Å². The predicted octanol–water partition coefficient (Wildman–Crippen LogP) is 2.90. The van der Waals surface area contributed by atoms with Gasteiger partial charge in [-0.05, 0) is 35.7 Å². The van der Waals surface area contributed by atoms with E-state index in [-0.39, 0.29) is 25.0 Å². The van der Waals surface area contributed by atoms with Gasteiger partial charge in [-0.3, -0.25) is 14.5 Å². The third-order valence-electron chi connectivity index (χ3n) is 4.45. The first kappa shape index (κ1) is 18.4. The lowest BCUT2D eigenvalue weighted by molar-refractivity contribution is -0.142. The zero-order valence-electron chi connectivity index (χ0n) is 14.7. The molecule has 0 fully saturated rings. The minimum Gasteiger partial charge on any atom is -0.468 e. The third-order valence-corrected chi connectivity index (χ3v) is 4.70. The SMILES string of the molecule is COC(=O)CN(CC(=O)N1CCc2ccccc21)Cc1ccc(Cl)cc1. The molecule has 2 aromatic rings. The van der Waals surface area contributed by atoms with Gasteiger partial charge in [0.05, 0.1) is 20.2 Å². The number of para-hydroxylation sites is 1. The van der Waals surface area contributed by atoms with Crippen molar-refractivity contribution in [3.8, 4) is 0 Å². The normalized spacial score (nSPS) is 13.0. The summed E-state index contributed by atoms with van der Waals surface area (Å²) in [6.45, 7) is 1.34. The molecular weight excluding hydrogens is 352 g/mol. The van der Waals surface area contributed by atoms with Crippen molar-refractivity contribution in [2.45, 2.75) is 13.0 Å². The number of amides is 1. The van der Waals surface area contributed by atoms with E-state index in [0.717, 1.165) is 17.7 Å². The van der Waals surface area contributed by atoms with Gasteiger partial charge in [0.25, 0.3) is 0 Å². The molecule has 0 bridgehead atoms. The summed E-state index contributed by atoms with van der Waals surface area (Å²) in [4.78, 5) is 28.2. The number of anilines is 1. The summed E-state index contributed by atoms with van der Waals surface area (Å²) in [5.74, 6) is -0.388. The number of fused-ring (bicyclic) bond motifs is 1. The van der Waals surface area contributed by atoms with E-state index in [1.54, 1.807) is 21.9 Å². The molecule has 5 nitrogen and oxygen atoms in total. The Labute approximate surface area is 158 Å². The third kappa shape index (κ3) is 4.42. The average molecular weight is 373 g/mol. The highest BCUT2D eigenvalue weighted by Crippen LogP contribution is 2.27. The number of carbonyl (C=O) groups is 2. The Bertz CT molecular complexity index is 792. The van der Waals surface area contributed by atoms with Crippen molar-refractivity contribution < 1.29 is 14.3 Å². The zero-order valence-corrected chi connectivity index (χ0v) is 15.4. The second-order valence-corrected chi connectivity index (χ2v) is 6.71. The van der Waals surface area contributed by atoms with Crippen molar-refractivity contribution in [1.82, 2.24) is 4.90 Å². The molecule has 0 aliphatic carbocycles. The minimum absolute atomic E-state index is 0.0205. The van der Waals surface area contributed by atoms with Crippen molar-refractivity contribution in [2.24, 2.45) is 0 Å². The van der Waals surface area contributed by atoms with Crippen LogP contribution >= 0.6 is 11.6 Å². The molecular formula is C20H21ClN2O3. The van der Waals surface area contributed by atoms with Gasteiger partial charge in [-0.15, -0.1) is 0 Å². The molecule has 26 heavy (non-hydrogen) atoms. The molecule has 0 unspecified atom stereocenters. The lowest BCUT2D eigenvalue weighted by atomic mass is 10.2. The fourth-order valence-corrected chi connectivity index (χ4v) is 3.26. The molecule has 2 aromatic carbocycles. The molecule has 1 aliphatic heterocycles. The number of methoxy groups -OCH3 is 1. The fraction of sp³-hybridized carbons (Fsp3) is 0.300. The van der Waals surface area contributed by atoms with Crippen LogP contribution in [0, 0.1) is 0 Å². The van der Waals surface area contributed by atoms with Gasteiger partial charge >= 0.3 is 5.97 Å². The maximum absolute atomic E-state index is 12.8. The van der Waals surface area contributed by atoms with Crippen molar-refractivity contribution in [2.75, 3.05) is 31.6 Å². The highest BCUT2D eigenvalue weighted by atomic mass is 35.5. The number of esters is 1. The molecule has 1 heterocycles. The van der Waals surface area contributed by atoms with E-state index in [0.29, 0.717) is 18.1 Å². The maximum atomic E-state index is 12.8. The van der Waals surface area contributed by atoms with Crippen LogP contribution < -0.4 is 4.90 Å².